The van der Waals surface area contributed by atoms with Gasteiger partial charge in [-0.15, -0.1) is 0 Å². The lowest BCUT2D eigenvalue weighted by molar-refractivity contribution is 0.968. The molecule has 0 aromatic carbocycles. The zero-order valence-corrected chi connectivity index (χ0v) is 7.99. The van der Waals surface area contributed by atoms with Crippen molar-refractivity contribution < 1.29 is 0 Å². The van der Waals surface area contributed by atoms with Crippen molar-refractivity contribution in [2.45, 2.75) is 12.8 Å². The van der Waals surface area contributed by atoms with E-state index in [9.17, 15) is 0 Å². The number of fused-ring (bicyclic) bond motifs is 3. The number of nitrogens with one attached hydrogen (secondary N) is 1. The molecule has 0 atom stereocenters. The fourth-order valence-corrected chi connectivity index (χ4v) is 1.99. The molecule has 0 saturated carbocycles. The molecule has 2 heterocycles. The maximum atomic E-state index is 9.02. The monoisotopic (exact) mass is 196 g/mol. The summed E-state index contributed by atoms with van der Waals surface area (Å²) in [6.07, 6.45) is 7.67. The Labute approximate surface area is 86.3 Å². The molecule has 15 heavy (non-hydrogen) atoms. The van der Waals surface area contributed by atoms with E-state index in [1.165, 1.54) is 0 Å². The van der Waals surface area contributed by atoms with Crippen LogP contribution in [0.25, 0.3) is 17.1 Å². The van der Waals surface area contributed by atoms with Gasteiger partial charge in [-0.2, -0.15) is 10.4 Å². The molecule has 4 nitrogen and oxygen atoms in total. The highest BCUT2D eigenvalue weighted by Gasteiger charge is 2.15. The molecule has 3 rings (SSSR count). The maximum absolute atomic E-state index is 9.02. The van der Waals surface area contributed by atoms with E-state index in [0.717, 1.165) is 35.0 Å². The molecular weight excluding hydrogens is 188 g/mol. The first kappa shape index (κ1) is 8.18. The summed E-state index contributed by atoms with van der Waals surface area (Å²) in [6.45, 7) is 0. The molecule has 1 aliphatic rings. The first-order valence-corrected chi connectivity index (χ1v) is 4.83. The molecule has 0 radical (unpaired) electrons. The van der Waals surface area contributed by atoms with E-state index in [1.807, 2.05) is 6.08 Å². The van der Waals surface area contributed by atoms with Crippen LogP contribution in [-0.2, 0) is 6.42 Å². The standard InChI is InChI=1S/C11H8N4/c12-5-9-7-3-1-2-4-8(7)11-10(14-9)6-13-15-11/h2,4,6H,1,3H2,(H,13,15). The van der Waals surface area contributed by atoms with Gasteiger partial charge in [0.15, 0.2) is 0 Å². The zero-order valence-electron chi connectivity index (χ0n) is 7.99. The van der Waals surface area contributed by atoms with E-state index in [4.69, 9.17) is 5.26 Å². The van der Waals surface area contributed by atoms with Crippen molar-refractivity contribution in [2.75, 3.05) is 0 Å². The normalized spacial score (nSPS) is 13.8. The maximum Gasteiger partial charge on any atom is 0.145 e. The number of allylic oxidation sites excluding steroid dienone is 1. The van der Waals surface area contributed by atoms with Gasteiger partial charge in [-0.3, -0.25) is 5.10 Å². The van der Waals surface area contributed by atoms with Gasteiger partial charge in [0.1, 0.15) is 17.3 Å². The number of nitriles is 1. The second-order valence-corrected chi connectivity index (χ2v) is 3.54. The minimum absolute atomic E-state index is 0.531. The van der Waals surface area contributed by atoms with Crippen LogP contribution in [0.1, 0.15) is 23.2 Å². The summed E-state index contributed by atoms with van der Waals surface area (Å²) in [6, 6.07) is 2.15. The van der Waals surface area contributed by atoms with Crippen LogP contribution < -0.4 is 0 Å². The van der Waals surface area contributed by atoms with E-state index >= 15 is 0 Å². The van der Waals surface area contributed by atoms with Gasteiger partial charge in [-0.1, -0.05) is 12.2 Å². The molecule has 0 unspecified atom stereocenters. The van der Waals surface area contributed by atoms with Gasteiger partial charge in [-0.05, 0) is 18.4 Å². The number of hydrogen-bond donors (Lipinski definition) is 1. The lowest BCUT2D eigenvalue weighted by atomic mass is 9.95. The van der Waals surface area contributed by atoms with Crippen LogP contribution in [0.15, 0.2) is 12.3 Å². The lowest BCUT2D eigenvalue weighted by Gasteiger charge is -2.11. The van der Waals surface area contributed by atoms with Crippen molar-refractivity contribution in [3.05, 3.63) is 29.1 Å². The van der Waals surface area contributed by atoms with E-state index < -0.39 is 0 Å². The Morgan fingerprint density at radius 1 is 1.47 bits per heavy atom. The van der Waals surface area contributed by atoms with E-state index in [0.29, 0.717) is 5.69 Å². The van der Waals surface area contributed by atoms with Crippen molar-refractivity contribution in [3.63, 3.8) is 0 Å². The summed E-state index contributed by atoms with van der Waals surface area (Å²) in [7, 11) is 0. The zero-order chi connectivity index (χ0) is 10.3. The average Bonchev–Trinajstić information content (AvgIpc) is 2.76. The quantitative estimate of drug-likeness (QED) is 0.698. The number of hydrogen-bond acceptors (Lipinski definition) is 3. The lowest BCUT2D eigenvalue weighted by Crippen LogP contribution is -2.01. The number of nitrogens with zero attached hydrogens (tertiary/aromatic N) is 3. The summed E-state index contributed by atoms with van der Waals surface area (Å²) in [5, 5.41) is 15.9. The third-order valence-corrected chi connectivity index (χ3v) is 2.68. The molecule has 0 spiro atoms. The summed E-state index contributed by atoms with van der Waals surface area (Å²) >= 11 is 0. The highest BCUT2D eigenvalue weighted by atomic mass is 15.1. The third-order valence-electron chi connectivity index (χ3n) is 2.68. The molecule has 0 fully saturated rings. The Kier molecular flexibility index (Phi) is 1.59. The molecule has 1 aliphatic carbocycles. The fourth-order valence-electron chi connectivity index (χ4n) is 1.99. The van der Waals surface area contributed by atoms with Gasteiger partial charge in [0, 0.05) is 5.56 Å². The van der Waals surface area contributed by atoms with E-state index in [1.54, 1.807) is 6.20 Å². The van der Waals surface area contributed by atoms with Gasteiger partial charge in [-0.25, -0.2) is 4.98 Å². The van der Waals surface area contributed by atoms with Crippen LogP contribution >= 0.6 is 0 Å². The van der Waals surface area contributed by atoms with Crippen molar-refractivity contribution >= 4 is 17.1 Å². The average molecular weight is 196 g/mol. The number of H-pyrrole nitrogens is 1. The molecule has 0 aliphatic heterocycles. The number of aromatic amines is 1. The topological polar surface area (TPSA) is 65.4 Å². The smallest absolute Gasteiger partial charge is 0.145 e. The van der Waals surface area contributed by atoms with Crippen molar-refractivity contribution in [1.29, 1.82) is 5.26 Å². The van der Waals surface area contributed by atoms with E-state index in [2.05, 4.69) is 27.3 Å². The molecule has 0 bridgehead atoms. The summed E-state index contributed by atoms with van der Waals surface area (Å²) in [4.78, 5) is 4.28. The first-order chi connectivity index (χ1) is 7.40. The minimum atomic E-state index is 0.531. The second-order valence-electron chi connectivity index (χ2n) is 3.54. The Balaban J connectivity index is 2.47. The highest BCUT2D eigenvalue weighted by molar-refractivity contribution is 5.87. The van der Waals surface area contributed by atoms with Crippen molar-refractivity contribution in [2.24, 2.45) is 0 Å². The minimum Gasteiger partial charge on any atom is -0.276 e. The fraction of sp³-hybridized carbons (Fsp3) is 0.182. The Morgan fingerprint density at radius 3 is 3.27 bits per heavy atom. The molecule has 2 aromatic rings. The predicted octanol–water partition coefficient (Wildman–Crippen LogP) is 1.79. The Hall–Kier alpha value is -2.15. The Bertz CT molecular complexity index is 601. The van der Waals surface area contributed by atoms with Gasteiger partial charge >= 0.3 is 0 Å². The van der Waals surface area contributed by atoms with Crippen LogP contribution in [0.2, 0.25) is 0 Å². The molecule has 4 heteroatoms. The summed E-state index contributed by atoms with van der Waals surface area (Å²) in [5.74, 6) is 0. The number of aromatic nitrogens is 3. The van der Waals surface area contributed by atoms with Crippen LogP contribution in [-0.4, -0.2) is 15.2 Å². The molecule has 72 valence electrons. The van der Waals surface area contributed by atoms with E-state index in [-0.39, 0.29) is 0 Å². The van der Waals surface area contributed by atoms with Crippen LogP contribution in [0.5, 0.6) is 0 Å². The predicted molar refractivity (Wildman–Crippen MR) is 56.0 cm³/mol. The highest BCUT2D eigenvalue weighted by Crippen LogP contribution is 2.27. The second kappa shape index (κ2) is 2.92. The SMILES string of the molecule is N#Cc1nc2cn[nH]c2c2c1CCC=C2. The van der Waals surface area contributed by atoms with Crippen molar-refractivity contribution in [3.8, 4) is 6.07 Å². The number of pyridine rings is 1. The largest absolute Gasteiger partial charge is 0.276 e. The van der Waals surface area contributed by atoms with Gasteiger partial charge in [0.2, 0.25) is 0 Å². The number of rotatable bonds is 0. The molecule has 0 saturated heterocycles. The Morgan fingerprint density at radius 2 is 2.40 bits per heavy atom. The van der Waals surface area contributed by atoms with Gasteiger partial charge < -0.3 is 0 Å². The van der Waals surface area contributed by atoms with Gasteiger partial charge in [0.25, 0.3) is 0 Å². The molecule has 2 aromatic heterocycles. The third kappa shape index (κ3) is 1.07. The van der Waals surface area contributed by atoms with Crippen molar-refractivity contribution in [1.82, 2.24) is 15.2 Å². The summed E-state index contributed by atoms with van der Waals surface area (Å²) < 4.78 is 0. The van der Waals surface area contributed by atoms with Crippen LogP contribution in [0.3, 0.4) is 0 Å². The van der Waals surface area contributed by atoms with Gasteiger partial charge in [0.05, 0.1) is 11.7 Å². The summed E-state index contributed by atoms with van der Waals surface area (Å²) in [5.41, 5.74) is 4.33. The van der Waals surface area contributed by atoms with Crippen LogP contribution in [0, 0.1) is 11.3 Å². The van der Waals surface area contributed by atoms with Crippen LogP contribution in [0.4, 0.5) is 0 Å². The molecule has 0 amide bonds. The molecular formula is C11H8N4. The first-order valence-electron chi connectivity index (χ1n) is 4.83. The molecule has 1 N–H and O–H groups in total.